The van der Waals surface area contributed by atoms with Crippen molar-refractivity contribution in [3.05, 3.63) is 29.8 Å². The smallest absolute Gasteiger partial charge is 0.0917 e. The van der Waals surface area contributed by atoms with Crippen LogP contribution in [0.2, 0.25) is 0 Å². The van der Waals surface area contributed by atoms with Crippen LogP contribution < -0.4 is 5.73 Å². The van der Waals surface area contributed by atoms with Crippen LogP contribution in [0.3, 0.4) is 0 Å². The Kier molecular flexibility index (Phi) is 4.22. The van der Waals surface area contributed by atoms with Crippen LogP contribution in [0.5, 0.6) is 0 Å². The molecule has 1 aromatic rings. The molecule has 0 spiro atoms. The second-order valence-electron chi connectivity index (χ2n) is 5.20. The van der Waals surface area contributed by atoms with Crippen molar-refractivity contribution in [2.75, 3.05) is 25.4 Å². The Morgan fingerprint density at radius 2 is 2.28 bits per heavy atom. The molecule has 1 aromatic carbocycles. The normalized spacial score (nSPS) is 26.4. The van der Waals surface area contributed by atoms with Gasteiger partial charge in [-0.25, -0.2) is 0 Å². The van der Waals surface area contributed by atoms with Crippen LogP contribution in [-0.2, 0) is 0 Å². The minimum atomic E-state index is -0.548. The molecule has 0 bridgehead atoms. The highest BCUT2D eigenvalue weighted by molar-refractivity contribution is 5.41. The van der Waals surface area contributed by atoms with Gasteiger partial charge in [0.1, 0.15) is 0 Å². The zero-order valence-corrected chi connectivity index (χ0v) is 10.8. The molecular formula is C14H22N2O2. The van der Waals surface area contributed by atoms with E-state index in [1.807, 2.05) is 18.2 Å². The molecular weight excluding hydrogens is 228 g/mol. The van der Waals surface area contributed by atoms with Gasteiger partial charge in [0.05, 0.1) is 12.7 Å². The number of anilines is 1. The summed E-state index contributed by atoms with van der Waals surface area (Å²) >= 11 is 0. The Morgan fingerprint density at radius 3 is 2.94 bits per heavy atom. The average Bonchev–Trinajstić information content (AvgIpc) is 2.69. The number of hydrogen-bond donors (Lipinski definition) is 3. The topological polar surface area (TPSA) is 69.7 Å². The lowest BCUT2D eigenvalue weighted by Crippen LogP contribution is -2.37. The van der Waals surface area contributed by atoms with Gasteiger partial charge in [0.25, 0.3) is 0 Å². The van der Waals surface area contributed by atoms with E-state index in [-0.39, 0.29) is 12.6 Å². The first-order valence-corrected chi connectivity index (χ1v) is 6.50. The molecule has 0 amide bonds. The molecule has 4 nitrogen and oxygen atoms in total. The van der Waals surface area contributed by atoms with Crippen molar-refractivity contribution in [3.8, 4) is 0 Å². The van der Waals surface area contributed by atoms with Crippen LogP contribution in [-0.4, -0.2) is 40.9 Å². The van der Waals surface area contributed by atoms with E-state index in [0.717, 1.165) is 18.5 Å². The molecule has 0 aromatic heterocycles. The summed E-state index contributed by atoms with van der Waals surface area (Å²) in [5.74, 6) is 0.489. The van der Waals surface area contributed by atoms with Gasteiger partial charge in [-0.1, -0.05) is 19.1 Å². The fourth-order valence-electron chi connectivity index (χ4n) is 2.70. The number of nitrogens with zero attached hydrogens (tertiary/aromatic N) is 1. The Balaban J connectivity index is 2.01. The Morgan fingerprint density at radius 1 is 1.50 bits per heavy atom. The number of nitrogens with two attached hydrogens (primary N) is 1. The lowest BCUT2D eigenvalue weighted by atomic mass is 10.0. The molecule has 1 aliphatic rings. The molecule has 1 aliphatic heterocycles. The van der Waals surface area contributed by atoms with E-state index < -0.39 is 6.10 Å². The summed E-state index contributed by atoms with van der Waals surface area (Å²) in [7, 11) is 0. The maximum Gasteiger partial charge on any atom is 0.0917 e. The quantitative estimate of drug-likeness (QED) is 0.697. The molecule has 2 rings (SSSR count). The number of nitrogen functional groups attached to an aromatic ring is 1. The predicted molar refractivity (Wildman–Crippen MR) is 72.0 cm³/mol. The minimum absolute atomic E-state index is 0.158. The second kappa shape index (κ2) is 5.69. The van der Waals surface area contributed by atoms with Crippen molar-refractivity contribution in [2.45, 2.75) is 25.5 Å². The fourth-order valence-corrected chi connectivity index (χ4v) is 2.70. The second-order valence-corrected chi connectivity index (χ2v) is 5.20. The van der Waals surface area contributed by atoms with E-state index in [2.05, 4.69) is 11.8 Å². The monoisotopic (exact) mass is 250 g/mol. The van der Waals surface area contributed by atoms with Gasteiger partial charge in [-0.3, -0.25) is 4.90 Å². The third kappa shape index (κ3) is 2.83. The summed E-state index contributed by atoms with van der Waals surface area (Å²) in [6.07, 6.45) is 0.530. The van der Waals surface area contributed by atoms with Crippen molar-refractivity contribution < 1.29 is 10.2 Å². The fraction of sp³-hybridized carbons (Fsp3) is 0.571. The SMILES string of the molecule is CC1CCN(CC(O)c2cccc(N)c2)C1CO. The van der Waals surface area contributed by atoms with E-state index in [4.69, 9.17) is 5.73 Å². The van der Waals surface area contributed by atoms with Crippen LogP contribution >= 0.6 is 0 Å². The highest BCUT2D eigenvalue weighted by atomic mass is 16.3. The van der Waals surface area contributed by atoms with Crippen molar-refractivity contribution in [2.24, 2.45) is 5.92 Å². The van der Waals surface area contributed by atoms with Crippen molar-refractivity contribution in [3.63, 3.8) is 0 Å². The number of benzene rings is 1. The molecule has 100 valence electrons. The lowest BCUT2D eigenvalue weighted by Gasteiger charge is -2.27. The molecule has 3 atom stereocenters. The van der Waals surface area contributed by atoms with Crippen LogP contribution in [0.1, 0.15) is 25.0 Å². The highest BCUT2D eigenvalue weighted by Gasteiger charge is 2.31. The van der Waals surface area contributed by atoms with Gasteiger partial charge in [0.2, 0.25) is 0 Å². The summed E-state index contributed by atoms with van der Waals surface area (Å²) in [6.45, 7) is 3.80. The molecule has 18 heavy (non-hydrogen) atoms. The van der Waals surface area contributed by atoms with E-state index in [1.165, 1.54) is 0 Å². The molecule has 0 aliphatic carbocycles. The first-order valence-electron chi connectivity index (χ1n) is 6.50. The molecule has 4 heteroatoms. The minimum Gasteiger partial charge on any atom is -0.399 e. The summed E-state index contributed by atoms with van der Waals surface area (Å²) in [4.78, 5) is 2.17. The maximum atomic E-state index is 10.2. The Labute approximate surface area is 108 Å². The van der Waals surface area contributed by atoms with Crippen molar-refractivity contribution >= 4 is 5.69 Å². The summed E-state index contributed by atoms with van der Waals surface area (Å²) in [5, 5.41) is 19.6. The molecule has 0 saturated carbocycles. The standard InChI is InChI=1S/C14H22N2O2/c1-10-5-6-16(13(10)9-17)8-14(18)11-3-2-4-12(15)7-11/h2-4,7,10,13-14,17-18H,5-6,8-9,15H2,1H3. The Bertz CT molecular complexity index is 397. The number of aliphatic hydroxyl groups excluding tert-OH is 2. The van der Waals surface area contributed by atoms with Gasteiger partial charge in [-0.2, -0.15) is 0 Å². The predicted octanol–water partition coefficient (Wildman–Crippen LogP) is 1.00. The Hall–Kier alpha value is -1.10. The van der Waals surface area contributed by atoms with Crippen molar-refractivity contribution in [1.82, 2.24) is 4.90 Å². The highest BCUT2D eigenvalue weighted by Crippen LogP contribution is 2.26. The maximum absolute atomic E-state index is 10.2. The van der Waals surface area contributed by atoms with Crippen LogP contribution in [0.15, 0.2) is 24.3 Å². The molecule has 4 N–H and O–H groups in total. The van der Waals surface area contributed by atoms with E-state index in [0.29, 0.717) is 18.2 Å². The first kappa shape index (κ1) is 13.3. The van der Waals surface area contributed by atoms with Gasteiger partial charge in [-0.05, 0) is 36.6 Å². The summed E-state index contributed by atoms with van der Waals surface area (Å²) < 4.78 is 0. The lowest BCUT2D eigenvalue weighted by molar-refractivity contribution is 0.0764. The summed E-state index contributed by atoms with van der Waals surface area (Å²) in [5.41, 5.74) is 7.22. The number of β-amino-alcohol motifs (C(OH)–C–C–N with tert-alkyl or cyclic N) is 1. The third-order valence-electron chi connectivity index (χ3n) is 3.89. The van der Waals surface area contributed by atoms with Crippen molar-refractivity contribution in [1.29, 1.82) is 0 Å². The van der Waals surface area contributed by atoms with Gasteiger partial charge in [0, 0.05) is 18.3 Å². The largest absolute Gasteiger partial charge is 0.399 e. The average molecular weight is 250 g/mol. The molecule has 1 fully saturated rings. The van der Waals surface area contributed by atoms with Gasteiger partial charge >= 0.3 is 0 Å². The van der Waals surface area contributed by atoms with E-state index in [1.54, 1.807) is 6.07 Å². The first-order chi connectivity index (χ1) is 8.61. The number of hydrogen-bond acceptors (Lipinski definition) is 4. The third-order valence-corrected chi connectivity index (χ3v) is 3.89. The molecule has 0 radical (unpaired) electrons. The van der Waals surface area contributed by atoms with Gasteiger partial charge in [-0.15, -0.1) is 0 Å². The molecule has 1 heterocycles. The zero-order valence-electron chi connectivity index (χ0n) is 10.8. The number of aliphatic hydroxyl groups is 2. The summed E-state index contributed by atoms with van der Waals surface area (Å²) in [6, 6.07) is 7.52. The van der Waals surface area contributed by atoms with Gasteiger partial charge < -0.3 is 15.9 Å². The van der Waals surface area contributed by atoms with Crippen LogP contribution in [0.4, 0.5) is 5.69 Å². The van der Waals surface area contributed by atoms with E-state index in [9.17, 15) is 10.2 Å². The zero-order chi connectivity index (χ0) is 13.1. The van der Waals surface area contributed by atoms with Crippen LogP contribution in [0, 0.1) is 5.92 Å². The van der Waals surface area contributed by atoms with E-state index >= 15 is 0 Å². The number of likely N-dealkylation sites (tertiary alicyclic amines) is 1. The number of rotatable bonds is 4. The van der Waals surface area contributed by atoms with Gasteiger partial charge in [0.15, 0.2) is 0 Å². The molecule has 1 saturated heterocycles. The van der Waals surface area contributed by atoms with Crippen LogP contribution in [0.25, 0.3) is 0 Å². The molecule has 3 unspecified atom stereocenters.